The van der Waals surface area contributed by atoms with Gasteiger partial charge < -0.3 is 16.2 Å². The van der Waals surface area contributed by atoms with Crippen molar-refractivity contribution in [3.8, 4) is 0 Å². The summed E-state index contributed by atoms with van der Waals surface area (Å²) in [4.78, 5) is 46.8. The standard InChI is InChI=1S/C12H11N3O5/c13-8(16)5-20-12(9(14)17)15-10(18)6-3-1-2-4-7(6)11(15)19/h1-4,12H,5H2,(H2,13,16)(H2,14,17). The van der Waals surface area contributed by atoms with Crippen molar-refractivity contribution >= 4 is 23.6 Å². The number of rotatable bonds is 5. The second kappa shape index (κ2) is 5.10. The third kappa shape index (κ3) is 2.24. The largest absolute Gasteiger partial charge is 0.368 e. The van der Waals surface area contributed by atoms with E-state index in [2.05, 4.69) is 0 Å². The Hall–Kier alpha value is -2.74. The Morgan fingerprint density at radius 2 is 1.60 bits per heavy atom. The van der Waals surface area contributed by atoms with Gasteiger partial charge in [0.05, 0.1) is 11.1 Å². The van der Waals surface area contributed by atoms with Gasteiger partial charge in [0, 0.05) is 0 Å². The molecule has 20 heavy (non-hydrogen) atoms. The number of nitrogens with two attached hydrogens (primary N) is 2. The Labute approximate surface area is 113 Å². The van der Waals surface area contributed by atoms with Crippen LogP contribution >= 0.6 is 0 Å². The molecule has 0 spiro atoms. The fourth-order valence-electron chi connectivity index (χ4n) is 1.87. The molecule has 1 aromatic rings. The van der Waals surface area contributed by atoms with Crippen molar-refractivity contribution in [2.45, 2.75) is 6.23 Å². The highest BCUT2D eigenvalue weighted by molar-refractivity contribution is 6.22. The second-order valence-electron chi connectivity index (χ2n) is 4.06. The first kappa shape index (κ1) is 13.7. The van der Waals surface area contributed by atoms with E-state index in [1.807, 2.05) is 0 Å². The summed E-state index contributed by atoms with van der Waals surface area (Å²) in [5.41, 5.74) is 10.3. The molecular formula is C12H11N3O5. The molecule has 1 unspecified atom stereocenters. The zero-order valence-electron chi connectivity index (χ0n) is 10.2. The number of amides is 4. The van der Waals surface area contributed by atoms with Crippen molar-refractivity contribution in [1.29, 1.82) is 0 Å². The van der Waals surface area contributed by atoms with E-state index in [-0.39, 0.29) is 11.1 Å². The van der Waals surface area contributed by atoms with E-state index in [9.17, 15) is 19.2 Å². The third-order valence-corrected chi connectivity index (χ3v) is 2.69. The highest BCUT2D eigenvalue weighted by Gasteiger charge is 2.42. The van der Waals surface area contributed by atoms with E-state index in [1.54, 1.807) is 12.1 Å². The summed E-state index contributed by atoms with van der Waals surface area (Å²) in [6.07, 6.45) is -1.67. The number of hydrogen-bond donors (Lipinski definition) is 2. The van der Waals surface area contributed by atoms with Crippen molar-refractivity contribution in [3.05, 3.63) is 35.4 Å². The number of carbonyl (C=O) groups is 4. The van der Waals surface area contributed by atoms with Crippen LogP contribution in [-0.2, 0) is 14.3 Å². The summed E-state index contributed by atoms with van der Waals surface area (Å²) < 4.78 is 4.86. The second-order valence-corrected chi connectivity index (χ2v) is 4.06. The first-order chi connectivity index (χ1) is 9.43. The highest BCUT2D eigenvalue weighted by Crippen LogP contribution is 2.24. The van der Waals surface area contributed by atoms with Crippen LogP contribution in [0.2, 0.25) is 0 Å². The maximum Gasteiger partial charge on any atom is 0.268 e. The summed E-state index contributed by atoms with van der Waals surface area (Å²) in [6.45, 7) is -0.638. The van der Waals surface area contributed by atoms with Gasteiger partial charge in [-0.1, -0.05) is 12.1 Å². The van der Waals surface area contributed by atoms with Crippen LogP contribution in [0.1, 0.15) is 20.7 Å². The van der Waals surface area contributed by atoms with Gasteiger partial charge in [-0.2, -0.15) is 0 Å². The summed E-state index contributed by atoms with van der Waals surface area (Å²) in [7, 11) is 0. The van der Waals surface area contributed by atoms with Crippen molar-refractivity contribution in [3.63, 3.8) is 0 Å². The molecule has 0 fully saturated rings. The minimum absolute atomic E-state index is 0.145. The number of ether oxygens (including phenoxy) is 1. The summed E-state index contributed by atoms with van der Waals surface area (Å²) in [6, 6.07) is 6.05. The molecule has 1 aromatic carbocycles. The molecule has 104 valence electrons. The van der Waals surface area contributed by atoms with Gasteiger partial charge >= 0.3 is 0 Å². The van der Waals surface area contributed by atoms with Crippen LogP contribution in [0.15, 0.2) is 24.3 Å². The van der Waals surface area contributed by atoms with Crippen LogP contribution in [0.3, 0.4) is 0 Å². The number of benzene rings is 1. The Bertz CT molecular complexity index is 578. The summed E-state index contributed by atoms with van der Waals surface area (Å²) in [5, 5.41) is 0. The van der Waals surface area contributed by atoms with Crippen molar-refractivity contribution in [2.75, 3.05) is 6.61 Å². The van der Waals surface area contributed by atoms with Crippen molar-refractivity contribution < 1.29 is 23.9 Å². The minimum atomic E-state index is -1.67. The van der Waals surface area contributed by atoms with Crippen LogP contribution in [0.5, 0.6) is 0 Å². The van der Waals surface area contributed by atoms with Gasteiger partial charge in [-0.25, -0.2) is 4.90 Å². The van der Waals surface area contributed by atoms with Gasteiger partial charge in [-0.15, -0.1) is 0 Å². The zero-order valence-corrected chi connectivity index (χ0v) is 10.2. The molecule has 2 rings (SSSR count). The van der Waals surface area contributed by atoms with Crippen LogP contribution in [-0.4, -0.2) is 41.4 Å². The van der Waals surface area contributed by atoms with E-state index < -0.39 is 36.5 Å². The van der Waals surface area contributed by atoms with Gasteiger partial charge in [-0.3, -0.25) is 19.2 Å². The van der Waals surface area contributed by atoms with Crippen molar-refractivity contribution in [2.24, 2.45) is 11.5 Å². The zero-order chi connectivity index (χ0) is 14.9. The lowest BCUT2D eigenvalue weighted by Gasteiger charge is -2.22. The molecule has 1 heterocycles. The van der Waals surface area contributed by atoms with Gasteiger partial charge in [0.25, 0.3) is 17.7 Å². The molecule has 4 N–H and O–H groups in total. The lowest BCUT2D eigenvalue weighted by molar-refractivity contribution is -0.142. The number of imide groups is 1. The molecule has 0 radical (unpaired) electrons. The number of nitrogens with zero attached hydrogens (tertiary/aromatic N) is 1. The van der Waals surface area contributed by atoms with Crippen LogP contribution < -0.4 is 11.5 Å². The third-order valence-electron chi connectivity index (χ3n) is 2.69. The Kier molecular flexibility index (Phi) is 3.49. The molecular weight excluding hydrogens is 266 g/mol. The van der Waals surface area contributed by atoms with Crippen LogP contribution in [0.25, 0.3) is 0 Å². The maximum atomic E-state index is 12.1. The van der Waals surface area contributed by atoms with Gasteiger partial charge in [-0.05, 0) is 12.1 Å². The minimum Gasteiger partial charge on any atom is -0.368 e. The topological polar surface area (TPSA) is 133 Å². The van der Waals surface area contributed by atoms with Gasteiger partial charge in [0.15, 0.2) is 0 Å². The molecule has 0 saturated carbocycles. The molecule has 8 heteroatoms. The van der Waals surface area contributed by atoms with E-state index in [0.29, 0.717) is 4.90 Å². The Balaban J connectivity index is 2.32. The molecule has 0 aromatic heterocycles. The molecule has 1 aliphatic rings. The van der Waals surface area contributed by atoms with E-state index in [1.165, 1.54) is 12.1 Å². The molecule has 0 saturated heterocycles. The molecule has 1 atom stereocenters. The normalized spacial score (nSPS) is 15.1. The molecule has 0 bridgehead atoms. The van der Waals surface area contributed by atoms with E-state index >= 15 is 0 Å². The van der Waals surface area contributed by atoms with Gasteiger partial charge in [0.2, 0.25) is 12.1 Å². The SMILES string of the molecule is NC(=O)COC(C(N)=O)N1C(=O)c2ccccc2C1=O. The maximum absolute atomic E-state index is 12.1. The molecule has 4 amide bonds. The number of primary amides is 2. The molecule has 0 aliphatic carbocycles. The van der Waals surface area contributed by atoms with E-state index in [4.69, 9.17) is 16.2 Å². The summed E-state index contributed by atoms with van der Waals surface area (Å²) in [5.74, 6) is -3.34. The molecule has 8 nitrogen and oxygen atoms in total. The quantitative estimate of drug-likeness (QED) is 0.638. The Morgan fingerprint density at radius 3 is 2.00 bits per heavy atom. The predicted octanol–water partition coefficient (Wildman–Crippen LogP) is -1.40. The lowest BCUT2D eigenvalue weighted by Crippen LogP contribution is -2.50. The monoisotopic (exact) mass is 277 g/mol. The smallest absolute Gasteiger partial charge is 0.268 e. The highest BCUT2D eigenvalue weighted by atomic mass is 16.5. The first-order valence-electron chi connectivity index (χ1n) is 5.59. The molecule has 1 aliphatic heterocycles. The predicted molar refractivity (Wildman–Crippen MR) is 65.1 cm³/mol. The van der Waals surface area contributed by atoms with Gasteiger partial charge in [0.1, 0.15) is 6.61 Å². The summed E-state index contributed by atoms with van der Waals surface area (Å²) >= 11 is 0. The lowest BCUT2D eigenvalue weighted by atomic mass is 10.1. The van der Waals surface area contributed by atoms with E-state index in [0.717, 1.165) is 0 Å². The average molecular weight is 277 g/mol. The van der Waals surface area contributed by atoms with Crippen molar-refractivity contribution in [1.82, 2.24) is 4.90 Å². The number of hydrogen-bond acceptors (Lipinski definition) is 5. The van der Waals surface area contributed by atoms with Crippen LogP contribution in [0, 0.1) is 0 Å². The Morgan fingerprint density at radius 1 is 1.10 bits per heavy atom. The number of carbonyl (C=O) groups excluding carboxylic acids is 4. The first-order valence-corrected chi connectivity index (χ1v) is 5.59. The average Bonchev–Trinajstić information content (AvgIpc) is 2.64. The number of fused-ring (bicyclic) bond motifs is 1. The van der Waals surface area contributed by atoms with Crippen LogP contribution in [0.4, 0.5) is 0 Å². The fraction of sp³-hybridized carbons (Fsp3) is 0.167. The fourth-order valence-corrected chi connectivity index (χ4v) is 1.87.